The number of aromatic nitrogens is 2. The van der Waals surface area contributed by atoms with Crippen molar-refractivity contribution in [1.29, 1.82) is 0 Å². The third-order valence-electron chi connectivity index (χ3n) is 2.87. The standard InChI is InChI=1S/C13H17ClN2O/c1-9-5-4-6-11-12(9)16(7-8-17-3)13(15-11)10(2)14/h4-6,10H,7-8H2,1-3H3. The molecule has 0 saturated heterocycles. The van der Waals surface area contributed by atoms with Gasteiger partial charge in [-0.05, 0) is 25.5 Å². The molecule has 1 unspecified atom stereocenters. The zero-order chi connectivity index (χ0) is 12.4. The lowest BCUT2D eigenvalue weighted by atomic mass is 10.2. The van der Waals surface area contributed by atoms with E-state index in [1.165, 1.54) is 5.56 Å². The summed E-state index contributed by atoms with van der Waals surface area (Å²) in [4.78, 5) is 4.60. The summed E-state index contributed by atoms with van der Waals surface area (Å²) in [5, 5.41) is -0.0985. The molecular formula is C13H17ClN2O. The van der Waals surface area contributed by atoms with Crippen LogP contribution in [0.3, 0.4) is 0 Å². The Bertz CT molecular complexity index is 519. The van der Waals surface area contributed by atoms with Gasteiger partial charge >= 0.3 is 0 Å². The molecule has 0 N–H and O–H groups in total. The second kappa shape index (κ2) is 5.07. The highest BCUT2D eigenvalue weighted by molar-refractivity contribution is 6.20. The quantitative estimate of drug-likeness (QED) is 0.781. The van der Waals surface area contributed by atoms with Crippen LogP contribution in [0.25, 0.3) is 11.0 Å². The van der Waals surface area contributed by atoms with Gasteiger partial charge < -0.3 is 9.30 Å². The molecule has 92 valence electrons. The summed E-state index contributed by atoms with van der Waals surface area (Å²) in [6.45, 7) is 5.48. The van der Waals surface area contributed by atoms with Gasteiger partial charge in [0.05, 0.1) is 23.0 Å². The number of halogens is 1. The highest BCUT2D eigenvalue weighted by Gasteiger charge is 2.15. The molecule has 0 aliphatic heterocycles. The molecule has 17 heavy (non-hydrogen) atoms. The van der Waals surface area contributed by atoms with Gasteiger partial charge in [-0.25, -0.2) is 4.98 Å². The van der Waals surface area contributed by atoms with E-state index in [4.69, 9.17) is 16.3 Å². The van der Waals surface area contributed by atoms with Crippen LogP contribution in [0.15, 0.2) is 18.2 Å². The molecule has 0 aliphatic rings. The molecule has 2 aromatic rings. The topological polar surface area (TPSA) is 27.1 Å². The van der Waals surface area contributed by atoms with E-state index in [9.17, 15) is 0 Å². The predicted molar refractivity (Wildman–Crippen MR) is 70.6 cm³/mol. The lowest BCUT2D eigenvalue weighted by Gasteiger charge is -2.10. The van der Waals surface area contributed by atoms with Gasteiger partial charge in [0.25, 0.3) is 0 Å². The molecule has 4 heteroatoms. The predicted octanol–water partition coefficient (Wildman–Crippen LogP) is 3.29. The molecule has 0 aliphatic carbocycles. The molecule has 1 atom stereocenters. The molecule has 0 radical (unpaired) electrons. The SMILES string of the molecule is COCCn1c(C(C)Cl)nc2cccc(C)c21. The molecule has 1 heterocycles. The van der Waals surface area contributed by atoms with Crippen LogP contribution in [0.5, 0.6) is 0 Å². The number of rotatable bonds is 4. The molecule has 1 aromatic carbocycles. The van der Waals surface area contributed by atoms with Crippen LogP contribution >= 0.6 is 11.6 Å². The Morgan fingerprint density at radius 1 is 1.47 bits per heavy atom. The van der Waals surface area contributed by atoms with Crippen LogP contribution in [0.2, 0.25) is 0 Å². The number of ether oxygens (including phenoxy) is 1. The monoisotopic (exact) mass is 252 g/mol. The summed E-state index contributed by atoms with van der Waals surface area (Å²) in [5.74, 6) is 0.910. The van der Waals surface area contributed by atoms with Crippen molar-refractivity contribution < 1.29 is 4.74 Å². The first-order valence-corrected chi connectivity index (χ1v) is 6.17. The van der Waals surface area contributed by atoms with Gasteiger partial charge in [-0.3, -0.25) is 0 Å². The lowest BCUT2D eigenvalue weighted by molar-refractivity contribution is 0.187. The minimum absolute atomic E-state index is 0.0985. The normalized spacial score (nSPS) is 13.2. The number of benzene rings is 1. The van der Waals surface area contributed by atoms with E-state index in [2.05, 4.69) is 22.5 Å². The van der Waals surface area contributed by atoms with Gasteiger partial charge in [-0.1, -0.05) is 12.1 Å². The van der Waals surface area contributed by atoms with E-state index in [1.54, 1.807) is 7.11 Å². The minimum atomic E-state index is -0.0985. The van der Waals surface area contributed by atoms with Crippen LogP contribution < -0.4 is 0 Å². The third kappa shape index (κ3) is 2.31. The molecule has 1 aromatic heterocycles. The second-order valence-corrected chi connectivity index (χ2v) is 4.83. The van der Waals surface area contributed by atoms with Crippen molar-refractivity contribution >= 4 is 22.6 Å². The summed E-state index contributed by atoms with van der Waals surface area (Å²) in [6, 6.07) is 6.14. The van der Waals surface area contributed by atoms with Gasteiger partial charge in [0.15, 0.2) is 0 Å². The van der Waals surface area contributed by atoms with E-state index >= 15 is 0 Å². The van der Waals surface area contributed by atoms with Crippen molar-refractivity contribution in [2.24, 2.45) is 0 Å². The highest BCUT2D eigenvalue weighted by Crippen LogP contribution is 2.26. The molecule has 0 spiro atoms. The maximum atomic E-state index is 6.19. The minimum Gasteiger partial charge on any atom is -0.383 e. The molecule has 0 bridgehead atoms. The number of nitrogens with zero attached hydrogens (tertiary/aromatic N) is 2. The fraction of sp³-hybridized carbons (Fsp3) is 0.462. The Balaban J connectivity index is 2.60. The van der Waals surface area contributed by atoms with Crippen LogP contribution in [0.4, 0.5) is 0 Å². The lowest BCUT2D eigenvalue weighted by Crippen LogP contribution is -2.09. The first kappa shape index (κ1) is 12.4. The Labute approximate surface area is 106 Å². The van der Waals surface area contributed by atoms with Crippen molar-refractivity contribution in [3.8, 4) is 0 Å². The van der Waals surface area contributed by atoms with Crippen molar-refractivity contribution in [3.05, 3.63) is 29.6 Å². The maximum Gasteiger partial charge on any atom is 0.127 e. The number of methoxy groups -OCH3 is 1. The Morgan fingerprint density at radius 3 is 2.88 bits per heavy atom. The first-order valence-electron chi connectivity index (χ1n) is 5.74. The zero-order valence-corrected chi connectivity index (χ0v) is 11.2. The van der Waals surface area contributed by atoms with Gasteiger partial charge in [-0.15, -0.1) is 11.6 Å². The summed E-state index contributed by atoms with van der Waals surface area (Å²) < 4.78 is 7.31. The number of hydrogen-bond acceptors (Lipinski definition) is 2. The van der Waals surface area contributed by atoms with Crippen molar-refractivity contribution in [2.75, 3.05) is 13.7 Å². The summed E-state index contributed by atoms with van der Waals surface area (Å²) >= 11 is 6.19. The molecule has 0 amide bonds. The first-order chi connectivity index (χ1) is 8.15. The fourth-order valence-electron chi connectivity index (χ4n) is 2.10. The molecule has 0 saturated carbocycles. The van der Waals surface area contributed by atoms with Crippen LogP contribution in [-0.2, 0) is 11.3 Å². The van der Waals surface area contributed by atoms with Crippen molar-refractivity contribution in [3.63, 3.8) is 0 Å². The fourth-order valence-corrected chi connectivity index (χ4v) is 2.26. The third-order valence-corrected chi connectivity index (χ3v) is 3.07. The van der Waals surface area contributed by atoms with Gasteiger partial charge in [0.2, 0.25) is 0 Å². The van der Waals surface area contributed by atoms with Crippen LogP contribution in [0.1, 0.15) is 23.7 Å². The van der Waals surface area contributed by atoms with Gasteiger partial charge in [-0.2, -0.15) is 0 Å². The van der Waals surface area contributed by atoms with E-state index in [0.29, 0.717) is 6.61 Å². The van der Waals surface area contributed by atoms with Gasteiger partial charge in [0, 0.05) is 13.7 Å². The summed E-state index contributed by atoms with van der Waals surface area (Å²) in [7, 11) is 1.70. The number of para-hydroxylation sites is 1. The highest BCUT2D eigenvalue weighted by atomic mass is 35.5. The smallest absolute Gasteiger partial charge is 0.127 e. The van der Waals surface area contributed by atoms with Crippen LogP contribution in [-0.4, -0.2) is 23.3 Å². The average molecular weight is 253 g/mol. The van der Waals surface area contributed by atoms with Crippen LogP contribution in [0, 0.1) is 6.92 Å². The number of aryl methyl sites for hydroxylation is 1. The molecule has 2 rings (SSSR count). The molecule has 0 fully saturated rings. The number of fused-ring (bicyclic) bond motifs is 1. The Morgan fingerprint density at radius 2 is 2.24 bits per heavy atom. The van der Waals surface area contributed by atoms with E-state index in [1.807, 2.05) is 19.1 Å². The van der Waals surface area contributed by atoms with E-state index < -0.39 is 0 Å². The summed E-state index contributed by atoms with van der Waals surface area (Å²) in [6.07, 6.45) is 0. The summed E-state index contributed by atoms with van der Waals surface area (Å²) in [5.41, 5.74) is 3.38. The second-order valence-electron chi connectivity index (χ2n) is 4.17. The molecule has 3 nitrogen and oxygen atoms in total. The Hall–Kier alpha value is -1.06. The average Bonchev–Trinajstić information content (AvgIpc) is 2.66. The van der Waals surface area contributed by atoms with E-state index in [0.717, 1.165) is 23.4 Å². The molecular weight excluding hydrogens is 236 g/mol. The Kier molecular flexibility index (Phi) is 3.69. The van der Waals surface area contributed by atoms with Crippen molar-refractivity contribution in [1.82, 2.24) is 9.55 Å². The number of imidazole rings is 1. The van der Waals surface area contributed by atoms with Crippen molar-refractivity contribution in [2.45, 2.75) is 25.8 Å². The van der Waals surface area contributed by atoms with Gasteiger partial charge in [0.1, 0.15) is 5.82 Å². The largest absolute Gasteiger partial charge is 0.383 e. The number of alkyl halides is 1. The maximum absolute atomic E-state index is 6.19. The number of hydrogen-bond donors (Lipinski definition) is 0. The van der Waals surface area contributed by atoms with E-state index in [-0.39, 0.29) is 5.38 Å². The zero-order valence-electron chi connectivity index (χ0n) is 10.4.